The molecule has 1 aliphatic rings. The zero-order valence-corrected chi connectivity index (χ0v) is 16.2. The largest absolute Gasteiger partial charge is 0.495 e. The fourth-order valence-electron chi connectivity index (χ4n) is 3.08. The number of benzene rings is 2. The van der Waals surface area contributed by atoms with Gasteiger partial charge in [0.25, 0.3) is 0 Å². The summed E-state index contributed by atoms with van der Waals surface area (Å²) in [6, 6.07) is 9.04. The molecule has 0 aliphatic carbocycles. The van der Waals surface area contributed by atoms with E-state index in [1.54, 1.807) is 18.2 Å². The molecule has 2 N–H and O–H groups in total. The lowest BCUT2D eigenvalue weighted by atomic mass is 10.1. The molecule has 1 aliphatic heterocycles. The lowest BCUT2D eigenvalue weighted by molar-refractivity contribution is -0.123. The molecule has 28 heavy (non-hydrogen) atoms. The van der Waals surface area contributed by atoms with Crippen LogP contribution in [-0.4, -0.2) is 43.7 Å². The lowest BCUT2D eigenvalue weighted by Gasteiger charge is -2.35. The molecule has 3 rings (SSSR count). The predicted octanol–water partition coefficient (Wildman–Crippen LogP) is 3.52. The maximum atomic E-state index is 13.0. The number of methoxy groups -OCH3 is 1. The van der Waals surface area contributed by atoms with E-state index in [0.29, 0.717) is 53.9 Å². The molecule has 8 heteroatoms. The van der Waals surface area contributed by atoms with Crippen LogP contribution in [0.15, 0.2) is 36.4 Å². The van der Waals surface area contributed by atoms with Crippen LogP contribution in [0.4, 0.5) is 10.1 Å². The normalized spacial score (nSPS) is 16.4. The maximum Gasteiger partial charge on any atom is 0.209 e. The number of halogens is 2. The fourth-order valence-corrected chi connectivity index (χ4v) is 3.33. The van der Waals surface area contributed by atoms with E-state index >= 15 is 0 Å². The van der Waals surface area contributed by atoms with Crippen LogP contribution in [0.3, 0.4) is 0 Å². The van der Waals surface area contributed by atoms with Gasteiger partial charge in [0, 0.05) is 19.2 Å². The molecule has 1 atom stereocenters. The minimum Gasteiger partial charge on any atom is -0.495 e. The Bertz CT molecular complexity index is 811. The molecule has 150 valence electrons. The number of anilines is 1. The number of aldehydes is 1. The molecule has 1 saturated heterocycles. The van der Waals surface area contributed by atoms with Crippen LogP contribution in [0.2, 0.25) is 5.02 Å². The van der Waals surface area contributed by atoms with E-state index < -0.39 is 6.23 Å². The van der Waals surface area contributed by atoms with Crippen molar-refractivity contribution in [1.82, 2.24) is 4.90 Å². The monoisotopic (exact) mass is 408 g/mol. The highest BCUT2D eigenvalue weighted by Crippen LogP contribution is 2.35. The molecular formula is C20H22ClFN2O4. The Kier molecular flexibility index (Phi) is 6.59. The highest BCUT2D eigenvalue weighted by molar-refractivity contribution is 6.32. The second-order valence-corrected chi connectivity index (χ2v) is 6.88. The average Bonchev–Trinajstić information content (AvgIpc) is 2.70. The SMILES string of the molecule is COc1cc(OC(C=O)N2CCC(Oc3ccc(F)cc3)CC2)c(N)cc1Cl. The summed E-state index contributed by atoms with van der Waals surface area (Å²) >= 11 is 6.04. The number of nitrogens with two attached hydrogens (primary N) is 1. The Balaban J connectivity index is 1.59. The number of nitrogen functional groups attached to an aromatic ring is 1. The molecule has 6 nitrogen and oxygen atoms in total. The van der Waals surface area contributed by atoms with Gasteiger partial charge in [0.2, 0.25) is 6.23 Å². The highest BCUT2D eigenvalue weighted by Gasteiger charge is 2.27. The van der Waals surface area contributed by atoms with Gasteiger partial charge in [-0.1, -0.05) is 11.6 Å². The first-order chi connectivity index (χ1) is 13.5. The van der Waals surface area contributed by atoms with Crippen LogP contribution in [0.25, 0.3) is 0 Å². The van der Waals surface area contributed by atoms with Gasteiger partial charge in [-0.2, -0.15) is 0 Å². The topological polar surface area (TPSA) is 74.0 Å². The molecule has 0 radical (unpaired) electrons. The first kappa shape index (κ1) is 20.2. The molecule has 0 aromatic heterocycles. The summed E-state index contributed by atoms with van der Waals surface area (Å²) in [4.78, 5) is 13.5. The summed E-state index contributed by atoms with van der Waals surface area (Å²) in [6.45, 7) is 1.22. The molecule has 1 fully saturated rings. The molecule has 2 aromatic carbocycles. The van der Waals surface area contributed by atoms with Crippen LogP contribution in [0.1, 0.15) is 12.8 Å². The molecule has 2 aromatic rings. The third-order valence-electron chi connectivity index (χ3n) is 4.60. The predicted molar refractivity (Wildman–Crippen MR) is 105 cm³/mol. The van der Waals surface area contributed by atoms with Crippen molar-refractivity contribution >= 4 is 23.6 Å². The van der Waals surface area contributed by atoms with Gasteiger partial charge in [0.1, 0.15) is 29.2 Å². The van der Waals surface area contributed by atoms with E-state index in [0.717, 1.165) is 6.29 Å². The Hall–Kier alpha value is -2.51. The van der Waals surface area contributed by atoms with Gasteiger partial charge in [-0.15, -0.1) is 0 Å². The molecular weight excluding hydrogens is 387 g/mol. The summed E-state index contributed by atoms with van der Waals surface area (Å²) in [5.74, 6) is 1.08. The van der Waals surface area contributed by atoms with Gasteiger partial charge in [-0.3, -0.25) is 9.69 Å². The first-order valence-electron chi connectivity index (χ1n) is 8.91. The van der Waals surface area contributed by atoms with Gasteiger partial charge in [-0.05, 0) is 43.2 Å². The van der Waals surface area contributed by atoms with Crippen LogP contribution in [0, 0.1) is 5.82 Å². The Morgan fingerprint density at radius 1 is 1.21 bits per heavy atom. The lowest BCUT2D eigenvalue weighted by Crippen LogP contribution is -2.47. The van der Waals surface area contributed by atoms with E-state index in [9.17, 15) is 9.18 Å². The Morgan fingerprint density at radius 3 is 2.50 bits per heavy atom. The number of carbonyl (C=O) groups excluding carboxylic acids is 1. The van der Waals surface area contributed by atoms with Crippen molar-refractivity contribution in [2.45, 2.75) is 25.2 Å². The fraction of sp³-hybridized carbons (Fsp3) is 0.350. The number of rotatable bonds is 7. The van der Waals surface area contributed by atoms with E-state index in [4.69, 9.17) is 31.5 Å². The average molecular weight is 409 g/mol. The van der Waals surface area contributed by atoms with Crippen molar-refractivity contribution < 1.29 is 23.4 Å². The highest BCUT2D eigenvalue weighted by atomic mass is 35.5. The number of hydrogen-bond donors (Lipinski definition) is 1. The van der Waals surface area contributed by atoms with E-state index in [2.05, 4.69) is 0 Å². The standard InChI is InChI=1S/C20H22ClFN2O4/c1-26-18-11-19(17(23)10-16(18)21)28-20(12-25)24-8-6-15(7-9-24)27-14-4-2-13(22)3-5-14/h2-5,10-12,15,20H,6-9,23H2,1H3. The Morgan fingerprint density at radius 2 is 1.89 bits per heavy atom. The molecule has 0 saturated carbocycles. The van der Waals surface area contributed by atoms with Crippen molar-refractivity contribution in [2.24, 2.45) is 0 Å². The van der Waals surface area contributed by atoms with Crippen molar-refractivity contribution in [2.75, 3.05) is 25.9 Å². The third-order valence-corrected chi connectivity index (χ3v) is 4.90. The van der Waals surface area contributed by atoms with Gasteiger partial charge in [-0.25, -0.2) is 4.39 Å². The summed E-state index contributed by atoms with van der Waals surface area (Å²) in [6.07, 6.45) is 1.38. The number of nitrogens with zero attached hydrogens (tertiary/aromatic N) is 1. The van der Waals surface area contributed by atoms with Crippen molar-refractivity contribution in [3.8, 4) is 17.2 Å². The van der Waals surface area contributed by atoms with Crippen molar-refractivity contribution in [3.63, 3.8) is 0 Å². The second kappa shape index (κ2) is 9.12. The van der Waals surface area contributed by atoms with E-state index in [1.165, 1.54) is 25.3 Å². The maximum absolute atomic E-state index is 13.0. The number of likely N-dealkylation sites (tertiary alicyclic amines) is 1. The quantitative estimate of drug-likeness (QED) is 0.558. The molecule has 0 spiro atoms. The smallest absolute Gasteiger partial charge is 0.209 e. The van der Waals surface area contributed by atoms with Crippen molar-refractivity contribution in [1.29, 1.82) is 0 Å². The summed E-state index contributed by atoms with van der Waals surface area (Å²) in [5, 5.41) is 0.369. The molecule has 1 heterocycles. The third kappa shape index (κ3) is 4.85. The number of ether oxygens (including phenoxy) is 3. The minimum absolute atomic E-state index is 0.00490. The zero-order valence-electron chi connectivity index (χ0n) is 15.4. The van der Waals surface area contributed by atoms with Gasteiger partial charge >= 0.3 is 0 Å². The van der Waals surface area contributed by atoms with Crippen LogP contribution >= 0.6 is 11.6 Å². The van der Waals surface area contributed by atoms with E-state index in [1.807, 2.05) is 4.90 Å². The van der Waals surface area contributed by atoms with E-state index in [-0.39, 0.29) is 11.9 Å². The van der Waals surface area contributed by atoms with Crippen LogP contribution < -0.4 is 19.9 Å². The molecule has 1 unspecified atom stereocenters. The van der Waals surface area contributed by atoms with Crippen molar-refractivity contribution in [3.05, 3.63) is 47.2 Å². The number of piperidine rings is 1. The van der Waals surface area contributed by atoms with Crippen LogP contribution in [0.5, 0.6) is 17.2 Å². The number of hydrogen-bond acceptors (Lipinski definition) is 6. The summed E-state index contributed by atoms with van der Waals surface area (Å²) in [5.41, 5.74) is 6.28. The second-order valence-electron chi connectivity index (χ2n) is 6.48. The van der Waals surface area contributed by atoms with Gasteiger partial charge < -0.3 is 19.9 Å². The van der Waals surface area contributed by atoms with Crippen LogP contribution in [-0.2, 0) is 4.79 Å². The Labute approximate surface area is 167 Å². The first-order valence-corrected chi connectivity index (χ1v) is 9.29. The van der Waals surface area contributed by atoms with Gasteiger partial charge in [0.15, 0.2) is 6.29 Å². The summed E-state index contributed by atoms with van der Waals surface area (Å²) in [7, 11) is 1.49. The molecule has 0 bridgehead atoms. The zero-order chi connectivity index (χ0) is 20.1. The van der Waals surface area contributed by atoms with Gasteiger partial charge in [0.05, 0.1) is 17.8 Å². The summed E-state index contributed by atoms with van der Waals surface area (Å²) < 4.78 is 29.8. The number of carbonyl (C=O) groups is 1. The minimum atomic E-state index is -0.778. The molecule has 0 amide bonds.